The van der Waals surface area contributed by atoms with Gasteiger partial charge in [0.15, 0.2) is 11.5 Å². The summed E-state index contributed by atoms with van der Waals surface area (Å²) in [6, 6.07) is 19.3. The Morgan fingerprint density at radius 1 is 1.02 bits per heavy atom. The van der Waals surface area contributed by atoms with E-state index in [0.29, 0.717) is 50.7 Å². The highest BCUT2D eigenvalue weighted by atomic mass is 16.5. The number of likely N-dealkylation sites (N-methyl/N-ethyl adjacent to an activating group) is 1. The number of phenolic OH excluding ortho intramolecular Hbond substituents is 1. The van der Waals surface area contributed by atoms with E-state index in [0.717, 1.165) is 90.4 Å². The molecule has 4 aliphatic rings. The summed E-state index contributed by atoms with van der Waals surface area (Å²) in [6.45, 7) is 4.99. The van der Waals surface area contributed by atoms with E-state index in [-0.39, 0.29) is 30.0 Å². The van der Waals surface area contributed by atoms with Crippen molar-refractivity contribution in [3.8, 4) is 11.5 Å². The van der Waals surface area contributed by atoms with Gasteiger partial charge in [0.25, 0.3) is 0 Å². The maximum atomic E-state index is 11.3. The van der Waals surface area contributed by atoms with Crippen molar-refractivity contribution in [1.82, 2.24) is 15.2 Å². The van der Waals surface area contributed by atoms with Crippen LogP contribution in [0.4, 0.5) is 0 Å². The summed E-state index contributed by atoms with van der Waals surface area (Å²) in [4.78, 5) is 0. The molecule has 4 bridgehead atoms. The third-order valence-electron chi connectivity index (χ3n) is 12.6. The Labute approximate surface area is 325 Å². The Morgan fingerprint density at radius 2 is 1.91 bits per heavy atom. The van der Waals surface area contributed by atoms with Crippen molar-refractivity contribution >= 4 is 16.6 Å². The van der Waals surface area contributed by atoms with Gasteiger partial charge in [-0.15, -0.1) is 0 Å². The number of aromatic hydroxyl groups is 1. The number of dihydropyridines is 1. The number of nitrogens with zero attached hydrogens (tertiary/aromatic N) is 1. The molecule has 3 aliphatic heterocycles. The van der Waals surface area contributed by atoms with E-state index in [1.165, 1.54) is 16.7 Å². The van der Waals surface area contributed by atoms with Gasteiger partial charge in [-0.1, -0.05) is 62.6 Å². The number of hydrogen-bond acceptors (Lipinski definition) is 8. The van der Waals surface area contributed by atoms with Crippen molar-refractivity contribution < 1.29 is 24.4 Å². The molecule has 6 N–H and O–H groups in total. The average Bonchev–Trinajstić information content (AvgIpc) is 3.64. The van der Waals surface area contributed by atoms with Crippen molar-refractivity contribution in [2.75, 3.05) is 33.4 Å². The normalized spacial score (nSPS) is 25.9. The molecule has 1 unspecified atom stereocenters. The van der Waals surface area contributed by atoms with Gasteiger partial charge in [-0.05, 0) is 116 Å². The second-order valence-electron chi connectivity index (χ2n) is 16.2. The molecule has 55 heavy (non-hydrogen) atoms. The highest BCUT2D eigenvalue weighted by molar-refractivity contribution is 5.88. The first-order chi connectivity index (χ1) is 26.9. The zero-order chi connectivity index (χ0) is 37.9. The first-order valence-corrected chi connectivity index (χ1v) is 20.5. The number of nitrogens with two attached hydrogens (primary N) is 1. The van der Waals surface area contributed by atoms with Crippen LogP contribution < -0.4 is 21.1 Å². The molecule has 0 spiro atoms. The Balaban J connectivity index is 1.29. The van der Waals surface area contributed by atoms with Crippen LogP contribution in [-0.4, -0.2) is 66.6 Å². The Morgan fingerprint density at radius 3 is 2.78 bits per heavy atom. The summed E-state index contributed by atoms with van der Waals surface area (Å²) in [7, 11) is 1.94. The molecular weight excluding hydrogens is 689 g/mol. The monoisotopic (exact) mass is 746 g/mol. The lowest BCUT2D eigenvalue weighted by Crippen LogP contribution is -2.47. The van der Waals surface area contributed by atoms with Gasteiger partial charge in [0.2, 0.25) is 0 Å². The predicted molar refractivity (Wildman–Crippen MR) is 218 cm³/mol. The van der Waals surface area contributed by atoms with Crippen LogP contribution in [-0.2, 0) is 34.3 Å². The van der Waals surface area contributed by atoms with Crippen molar-refractivity contribution in [3.63, 3.8) is 0 Å². The Hall–Kier alpha value is -4.12. The quantitative estimate of drug-likeness (QED) is 0.128. The molecule has 4 aromatic rings. The molecular formula is C46H58N4O5. The van der Waals surface area contributed by atoms with Crippen molar-refractivity contribution in [2.24, 2.45) is 11.7 Å². The third kappa shape index (κ3) is 7.70. The highest BCUT2D eigenvalue weighted by Crippen LogP contribution is 2.52. The van der Waals surface area contributed by atoms with Crippen molar-refractivity contribution in [1.29, 1.82) is 0 Å². The van der Waals surface area contributed by atoms with E-state index in [1.807, 2.05) is 19.2 Å². The molecule has 1 aromatic heterocycles. The number of aromatic nitrogens is 1. The smallest absolute Gasteiger partial charge is 0.161 e. The number of unbranched alkanes of at least 4 members (excludes halogenated alkanes) is 2. The van der Waals surface area contributed by atoms with Crippen LogP contribution >= 0.6 is 0 Å². The van der Waals surface area contributed by atoms with Gasteiger partial charge in [0.05, 0.1) is 31.6 Å². The molecule has 0 amide bonds. The fourth-order valence-corrected chi connectivity index (χ4v) is 9.63. The predicted octanol–water partition coefficient (Wildman–Crippen LogP) is 7.06. The second kappa shape index (κ2) is 16.5. The molecule has 0 saturated carbocycles. The number of phenols is 1. The van der Waals surface area contributed by atoms with Gasteiger partial charge in [-0.2, -0.15) is 0 Å². The summed E-state index contributed by atoms with van der Waals surface area (Å²) < 4.78 is 21.6. The SMILES string of the molecule is CCCCC[C@H]1C[C@H](O)CCc2ccc(O)c(c2)OCc2cc([C@@]34CCOC[C@H]3CCc3ccccc34)cc3cn(cc23)C2=C(C=C(CNC)C(N)N2)CO1. The zero-order valence-electron chi connectivity index (χ0n) is 32.5. The lowest BCUT2D eigenvalue weighted by molar-refractivity contribution is 0.00498. The minimum atomic E-state index is -0.522. The molecule has 1 saturated heterocycles. The van der Waals surface area contributed by atoms with Crippen LogP contribution in [0.2, 0.25) is 0 Å². The molecule has 1 aliphatic carbocycles. The number of fused-ring (bicyclic) bond motifs is 7. The number of nitrogens with one attached hydrogen (secondary N) is 2. The van der Waals surface area contributed by atoms with E-state index in [2.05, 4.69) is 77.0 Å². The topological polar surface area (TPSA) is 123 Å². The number of rotatable bonds is 7. The van der Waals surface area contributed by atoms with E-state index in [4.69, 9.17) is 19.9 Å². The van der Waals surface area contributed by atoms with Crippen LogP contribution in [0.25, 0.3) is 16.6 Å². The lowest BCUT2D eigenvalue weighted by atomic mass is 9.57. The minimum absolute atomic E-state index is 0.0902. The van der Waals surface area contributed by atoms with Crippen LogP contribution in [0.15, 0.2) is 84.2 Å². The average molecular weight is 747 g/mol. The largest absolute Gasteiger partial charge is 0.504 e. The molecule has 292 valence electrons. The summed E-state index contributed by atoms with van der Waals surface area (Å²) in [5.41, 5.74) is 14.9. The lowest BCUT2D eigenvalue weighted by Gasteiger charge is -2.49. The van der Waals surface area contributed by atoms with Crippen molar-refractivity contribution in [2.45, 2.75) is 102 Å². The number of hydrogen-bond donors (Lipinski definition) is 5. The fraction of sp³-hybridized carbons (Fsp3) is 0.478. The number of ether oxygens (including phenoxy) is 3. The summed E-state index contributed by atoms with van der Waals surface area (Å²) in [6.07, 6.45) is 14.7. The van der Waals surface area contributed by atoms with Crippen LogP contribution in [0.1, 0.15) is 86.1 Å². The van der Waals surface area contributed by atoms with Crippen molar-refractivity contribution in [3.05, 3.63) is 112 Å². The van der Waals surface area contributed by atoms with Gasteiger partial charge in [0, 0.05) is 47.3 Å². The number of aliphatic hydroxyl groups is 1. The van der Waals surface area contributed by atoms with Gasteiger partial charge in [-0.25, -0.2) is 0 Å². The number of aliphatic hydroxyl groups excluding tert-OH is 1. The summed E-state index contributed by atoms with van der Waals surface area (Å²) in [5.74, 6) is 1.81. The molecule has 9 nitrogen and oxygen atoms in total. The summed E-state index contributed by atoms with van der Waals surface area (Å²) >= 11 is 0. The van der Waals surface area contributed by atoms with E-state index < -0.39 is 6.10 Å². The van der Waals surface area contributed by atoms with Crippen LogP contribution in [0.5, 0.6) is 11.5 Å². The highest BCUT2D eigenvalue weighted by Gasteiger charge is 2.47. The molecule has 1 fully saturated rings. The Bertz CT molecular complexity index is 2050. The number of benzene rings is 3. The van der Waals surface area contributed by atoms with E-state index >= 15 is 0 Å². The minimum Gasteiger partial charge on any atom is -0.504 e. The first-order valence-electron chi connectivity index (χ1n) is 20.5. The number of aryl methyl sites for hydroxylation is 2. The molecule has 5 atom stereocenters. The van der Waals surface area contributed by atoms with Gasteiger partial charge >= 0.3 is 0 Å². The van der Waals surface area contributed by atoms with Gasteiger partial charge in [0.1, 0.15) is 12.4 Å². The standard InChI is InChI=1S/C46H58N4O5/c1-3-4-5-9-39-23-38(51)15-11-30-12-16-42(52)43(19-30)55-27-34-22-37(46-17-18-53-29-36(46)14-13-31-8-6-7-10-41(31)46)21-33-25-50(26-40(33)34)45-35(28-54-39)20-32(24-48-2)44(47)49-45/h6-8,10,12,16,19-22,25-26,36,38-39,44,48-49,51-52H,3-5,9,11,13-15,17-18,23-24,27-29,47H2,1-2H3/t36-,38-,39+,44?,46-/m1/s1. The summed E-state index contributed by atoms with van der Waals surface area (Å²) in [5, 5.41) is 31.4. The van der Waals surface area contributed by atoms with Crippen LogP contribution in [0.3, 0.4) is 0 Å². The maximum absolute atomic E-state index is 11.3. The van der Waals surface area contributed by atoms with E-state index in [1.54, 1.807) is 6.07 Å². The van der Waals surface area contributed by atoms with Gasteiger partial charge < -0.3 is 45.4 Å². The second-order valence-corrected chi connectivity index (χ2v) is 16.2. The molecule has 9 heteroatoms. The molecule has 4 heterocycles. The molecule has 8 rings (SSSR count). The Kier molecular flexibility index (Phi) is 11.4. The third-order valence-corrected chi connectivity index (χ3v) is 12.6. The van der Waals surface area contributed by atoms with Crippen LogP contribution in [0, 0.1) is 5.92 Å². The molecule has 3 aromatic carbocycles. The molecule has 0 radical (unpaired) electrons. The maximum Gasteiger partial charge on any atom is 0.161 e. The van der Waals surface area contributed by atoms with Gasteiger partial charge in [-0.3, -0.25) is 0 Å². The fourth-order valence-electron chi connectivity index (χ4n) is 9.63. The first kappa shape index (κ1) is 37.8. The zero-order valence-corrected chi connectivity index (χ0v) is 32.5. The van der Waals surface area contributed by atoms with E-state index in [9.17, 15) is 10.2 Å².